The Morgan fingerprint density at radius 2 is 2.14 bits per heavy atom. The number of nitrogens with one attached hydrogen (secondary N) is 2. The summed E-state index contributed by atoms with van der Waals surface area (Å²) >= 11 is 0. The molecule has 0 radical (unpaired) electrons. The van der Waals surface area contributed by atoms with Crippen LogP contribution in [0.2, 0.25) is 0 Å². The van der Waals surface area contributed by atoms with E-state index in [4.69, 9.17) is 15.9 Å². The SMILES string of the molecule is C#CCOC(=O)C(C)Nc1cc(NC(C)=O)ccc1OCC. The van der Waals surface area contributed by atoms with Crippen molar-refractivity contribution in [3.05, 3.63) is 18.2 Å². The molecule has 0 saturated heterocycles. The van der Waals surface area contributed by atoms with Gasteiger partial charge in [0, 0.05) is 12.6 Å². The molecule has 1 unspecified atom stereocenters. The molecule has 0 fully saturated rings. The maximum Gasteiger partial charge on any atom is 0.329 e. The smallest absolute Gasteiger partial charge is 0.329 e. The van der Waals surface area contributed by atoms with Crippen LogP contribution in [0.25, 0.3) is 0 Å². The van der Waals surface area contributed by atoms with Crippen molar-refractivity contribution < 1.29 is 19.1 Å². The van der Waals surface area contributed by atoms with Crippen LogP contribution in [0.15, 0.2) is 18.2 Å². The first-order valence-corrected chi connectivity index (χ1v) is 6.89. The van der Waals surface area contributed by atoms with Crippen molar-refractivity contribution in [3.63, 3.8) is 0 Å². The van der Waals surface area contributed by atoms with Gasteiger partial charge in [0.05, 0.1) is 12.3 Å². The Hall–Kier alpha value is -2.68. The molecule has 1 rings (SSSR count). The molecule has 0 aliphatic heterocycles. The maximum atomic E-state index is 11.7. The molecule has 22 heavy (non-hydrogen) atoms. The molecule has 0 aliphatic rings. The quantitative estimate of drug-likeness (QED) is 0.595. The number of esters is 1. The van der Waals surface area contributed by atoms with Gasteiger partial charge in [0.15, 0.2) is 6.61 Å². The van der Waals surface area contributed by atoms with E-state index in [0.717, 1.165) is 0 Å². The van der Waals surface area contributed by atoms with Gasteiger partial charge < -0.3 is 20.1 Å². The second-order valence-corrected chi connectivity index (χ2v) is 4.50. The molecular weight excluding hydrogens is 284 g/mol. The average molecular weight is 304 g/mol. The molecule has 0 aromatic heterocycles. The first-order valence-electron chi connectivity index (χ1n) is 6.89. The largest absolute Gasteiger partial charge is 0.492 e. The van der Waals surface area contributed by atoms with Crippen LogP contribution in [0.1, 0.15) is 20.8 Å². The van der Waals surface area contributed by atoms with E-state index in [1.807, 2.05) is 6.92 Å². The summed E-state index contributed by atoms with van der Waals surface area (Å²) in [5.74, 6) is 2.16. The number of carbonyl (C=O) groups excluding carboxylic acids is 2. The van der Waals surface area contributed by atoms with Crippen LogP contribution in [0.4, 0.5) is 11.4 Å². The van der Waals surface area contributed by atoms with Crippen molar-refractivity contribution in [2.24, 2.45) is 0 Å². The summed E-state index contributed by atoms with van der Waals surface area (Å²) < 4.78 is 10.4. The van der Waals surface area contributed by atoms with Crippen molar-refractivity contribution in [1.82, 2.24) is 0 Å². The zero-order valence-electron chi connectivity index (χ0n) is 12.9. The van der Waals surface area contributed by atoms with Crippen molar-refractivity contribution in [1.29, 1.82) is 0 Å². The second-order valence-electron chi connectivity index (χ2n) is 4.50. The highest BCUT2D eigenvalue weighted by atomic mass is 16.5. The summed E-state index contributed by atoms with van der Waals surface area (Å²) in [5, 5.41) is 5.67. The normalized spacial score (nSPS) is 11.0. The van der Waals surface area contributed by atoms with E-state index in [1.54, 1.807) is 25.1 Å². The zero-order chi connectivity index (χ0) is 16.5. The topological polar surface area (TPSA) is 76.7 Å². The van der Waals surface area contributed by atoms with Gasteiger partial charge in [-0.1, -0.05) is 5.92 Å². The molecule has 6 nitrogen and oxygen atoms in total. The van der Waals surface area contributed by atoms with Gasteiger partial charge in [0.2, 0.25) is 5.91 Å². The van der Waals surface area contributed by atoms with Crippen molar-refractivity contribution in [2.45, 2.75) is 26.8 Å². The fourth-order valence-corrected chi connectivity index (χ4v) is 1.74. The minimum absolute atomic E-state index is 0.0743. The lowest BCUT2D eigenvalue weighted by molar-refractivity contribution is -0.142. The molecule has 0 bridgehead atoms. The van der Waals surface area contributed by atoms with Gasteiger partial charge in [0.25, 0.3) is 0 Å². The summed E-state index contributed by atoms with van der Waals surface area (Å²) in [6.07, 6.45) is 5.05. The Morgan fingerprint density at radius 1 is 1.41 bits per heavy atom. The van der Waals surface area contributed by atoms with Gasteiger partial charge in [-0.05, 0) is 32.0 Å². The lowest BCUT2D eigenvalue weighted by atomic mass is 10.2. The van der Waals surface area contributed by atoms with E-state index in [0.29, 0.717) is 23.7 Å². The third-order valence-electron chi connectivity index (χ3n) is 2.62. The first-order chi connectivity index (χ1) is 10.5. The molecule has 0 heterocycles. The van der Waals surface area contributed by atoms with E-state index in [2.05, 4.69) is 16.6 Å². The van der Waals surface area contributed by atoms with E-state index in [1.165, 1.54) is 6.92 Å². The number of rotatable bonds is 7. The summed E-state index contributed by atoms with van der Waals surface area (Å²) in [6, 6.07) is 4.52. The van der Waals surface area contributed by atoms with Gasteiger partial charge in [0.1, 0.15) is 11.8 Å². The molecule has 2 N–H and O–H groups in total. The Labute approximate surface area is 130 Å². The lowest BCUT2D eigenvalue weighted by Crippen LogP contribution is -2.28. The van der Waals surface area contributed by atoms with Gasteiger partial charge in [-0.15, -0.1) is 6.42 Å². The van der Waals surface area contributed by atoms with Crippen LogP contribution >= 0.6 is 0 Å². The van der Waals surface area contributed by atoms with Crippen LogP contribution in [0.5, 0.6) is 5.75 Å². The molecule has 0 aliphatic carbocycles. The van der Waals surface area contributed by atoms with E-state index in [9.17, 15) is 9.59 Å². The number of carbonyl (C=O) groups is 2. The summed E-state index contributed by atoms with van der Waals surface area (Å²) in [4.78, 5) is 22.9. The molecule has 118 valence electrons. The monoisotopic (exact) mass is 304 g/mol. The van der Waals surface area contributed by atoms with Gasteiger partial charge in [-0.25, -0.2) is 4.79 Å². The predicted octanol–water partition coefficient (Wildman–Crippen LogP) is 2.02. The third kappa shape index (κ3) is 5.37. The molecular formula is C16H20N2O4. The molecule has 1 atom stereocenters. The second kappa shape index (κ2) is 8.57. The highest BCUT2D eigenvalue weighted by molar-refractivity contribution is 5.90. The third-order valence-corrected chi connectivity index (χ3v) is 2.62. The average Bonchev–Trinajstić information content (AvgIpc) is 2.46. The number of ether oxygens (including phenoxy) is 2. The van der Waals surface area contributed by atoms with E-state index < -0.39 is 12.0 Å². The van der Waals surface area contributed by atoms with E-state index in [-0.39, 0.29) is 12.5 Å². The Balaban J connectivity index is 2.91. The highest BCUT2D eigenvalue weighted by Crippen LogP contribution is 2.29. The van der Waals surface area contributed by atoms with Crippen LogP contribution in [0, 0.1) is 12.3 Å². The van der Waals surface area contributed by atoms with Gasteiger partial charge in [-0.2, -0.15) is 0 Å². The molecule has 0 saturated carbocycles. The van der Waals surface area contributed by atoms with Gasteiger partial charge in [-0.3, -0.25) is 4.79 Å². The Bertz CT molecular complexity index is 578. The minimum atomic E-state index is -0.611. The van der Waals surface area contributed by atoms with E-state index >= 15 is 0 Å². The number of terminal acetylenes is 1. The maximum absolute atomic E-state index is 11.7. The summed E-state index contributed by atoms with van der Waals surface area (Å²) in [7, 11) is 0. The van der Waals surface area contributed by atoms with Crippen molar-refractivity contribution in [3.8, 4) is 18.1 Å². The minimum Gasteiger partial charge on any atom is -0.492 e. The number of hydrogen-bond acceptors (Lipinski definition) is 5. The fourth-order valence-electron chi connectivity index (χ4n) is 1.74. The van der Waals surface area contributed by atoms with Crippen molar-refractivity contribution >= 4 is 23.3 Å². The highest BCUT2D eigenvalue weighted by Gasteiger charge is 2.16. The van der Waals surface area contributed by atoms with Crippen LogP contribution < -0.4 is 15.4 Å². The van der Waals surface area contributed by atoms with Crippen LogP contribution in [-0.4, -0.2) is 31.1 Å². The summed E-state index contributed by atoms with van der Waals surface area (Å²) in [5.41, 5.74) is 1.18. The van der Waals surface area contributed by atoms with Crippen LogP contribution in [0.3, 0.4) is 0 Å². The molecule has 1 aromatic carbocycles. The molecule has 1 amide bonds. The van der Waals surface area contributed by atoms with Gasteiger partial charge >= 0.3 is 5.97 Å². The number of anilines is 2. The Morgan fingerprint density at radius 3 is 2.73 bits per heavy atom. The van der Waals surface area contributed by atoms with Crippen molar-refractivity contribution in [2.75, 3.05) is 23.8 Å². The predicted molar refractivity (Wildman–Crippen MR) is 84.8 cm³/mol. The van der Waals surface area contributed by atoms with Crippen LogP contribution in [-0.2, 0) is 14.3 Å². The molecule has 6 heteroatoms. The first kappa shape index (κ1) is 17.4. The standard InChI is InChI=1S/C16H20N2O4/c1-5-9-22-16(20)11(3)17-14-10-13(18-12(4)19)7-8-15(14)21-6-2/h1,7-8,10-11,17H,6,9H2,2-4H3,(H,18,19). The molecule has 0 spiro atoms. The fraction of sp³-hybridized carbons (Fsp3) is 0.375. The summed E-state index contributed by atoms with van der Waals surface area (Å²) in [6.45, 7) is 5.33. The zero-order valence-corrected chi connectivity index (χ0v) is 12.9. The number of amides is 1. The number of benzene rings is 1. The number of hydrogen-bond donors (Lipinski definition) is 2. The Kier molecular flexibility index (Phi) is 6.77. The molecule has 1 aromatic rings. The lowest BCUT2D eigenvalue weighted by Gasteiger charge is -2.18.